The highest BCUT2D eigenvalue weighted by molar-refractivity contribution is 5.82. The second kappa shape index (κ2) is 8.50. The molecule has 0 aliphatic carbocycles. The number of likely N-dealkylation sites (tertiary alicyclic amines) is 1. The maximum Gasteiger partial charge on any atom is 0.267 e. The molecule has 0 saturated carbocycles. The van der Waals surface area contributed by atoms with Crippen LogP contribution in [0.5, 0.6) is 17.2 Å². The standard InChI is InChI=1S/C22H24FNO4/c23-17-5-7-18(8-6-17)26-14-11-16-9-12-24(13-10-16)22(25)21-15-27-19-3-1-2-4-20(19)28-21/h1-8,16,21H,9-15H2/t21-/m1/s1. The molecule has 0 spiro atoms. The number of nitrogens with zero attached hydrogens (tertiary/aromatic N) is 1. The third-order valence-corrected chi connectivity index (χ3v) is 5.32. The summed E-state index contributed by atoms with van der Waals surface area (Å²) in [5.41, 5.74) is 0. The Hall–Kier alpha value is -2.76. The van der Waals surface area contributed by atoms with Crippen molar-refractivity contribution in [2.75, 3.05) is 26.3 Å². The SMILES string of the molecule is O=C([C@H]1COc2ccccc2O1)N1CCC(CCOc2ccc(F)cc2)CC1. The van der Waals surface area contributed by atoms with Gasteiger partial charge in [-0.15, -0.1) is 0 Å². The molecule has 148 valence electrons. The van der Waals surface area contributed by atoms with E-state index in [1.165, 1.54) is 12.1 Å². The number of benzene rings is 2. The van der Waals surface area contributed by atoms with Gasteiger partial charge >= 0.3 is 0 Å². The van der Waals surface area contributed by atoms with Crippen LogP contribution in [0, 0.1) is 11.7 Å². The molecule has 0 aromatic heterocycles. The van der Waals surface area contributed by atoms with Crippen molar-refractivity contribution in [1.82, 2.24) is 4.90 Å². The molecule has 0 bridgehead atoms. The third-order valence-electron chi connectivity index (χ3n) is 5.32. The Morgan fingerprint density at radius 3 is 2.54 bits per heavy atom. The van der Waals surface area contributed by atoms with Gasteiger partial charge < -0.3 is 19.1 Å². The third kappa shape index (κ3) is 4.38. The Morgan fingerprint density at radius 2 is 1.79 bits per heavy atom. The van der Waals surface area contributed by atoms with Crippen LogP contribution in [0.1, 0.15) is 19.3 Å². The molecule has 6 heteroatoms. The van der Waals surface area contributed by atoms with Gasteiger partial charge in [-0.25, -0.2) is 4.39 Å². The van der Waals surface area contributed by atoms with Crippen molar-refractivity contribution in [2.24, 2.45) is 5.92 Å². The number of hydrogen-bond acceptors (Lipinski definition) is 4. The molecule has 0 N–H and O–H groups in total. The summed E-state index contributed by atoms with van der Waals surface area (Å²) in [6.07, 6.45) is 2.24. The fraction of sp³-hybridized carbons (Fsp3) is 0.409. The lowest BCUT2D eigenvalue weighted by molar-refractivity contribution is -0.142. The maximum absolute atomic E-state index is 12.9. The number of amides is 1. The van der Waals surface area contributed by atoms with Crippen molar-refractivity contribution >= 4 is 5.91 Å². The number of para-hydroxylation sites is 2. The molecule has 2 aliphatic rings. The zero-order valence-corrected chi connectivity index (χ0v) is 15.7. The van der Waals surface area contributed by atoms with Gasteiger partial charge in [-0.3, -0.25) is 4.79 Å². The number of ether oxygens (including phenoxy) is 3. The van der Waals surface area contributed by atoms with Gasteiger partial charge in [0.15, 0.2) is 11.5 Å². The van der Waals surface area contributed by atoms with Crippen LogP contribution in [0.3, 0.4) is 0 Å². The molecule has 2 heterocycles. The van der Waals surface area contributed by atoms with Gasteiger partial charge in [0.2, 0.25) is 6.10 Å². The predicted octanol–water partition coefficient (Wildman–Crippen LogP) is 3.67. The predicted molar refractivity (Wildman–Crippen MR) is 102 cm³/mol. The van der Waals surface area contributed by atoms with Gasteiger partial charge in [0.25, 0.3) is 5.91 Å². The van der Waals surface area contributed by atoms with E-state index in [9.17, 15) is 9.18 Å². The number of carbonyl (C=O) groups excluding carboxylic acids is 1. The van der Waals surface area contributed by atoms with Crippen molar-refractivity contribution in [3.05, 3.63) is 54.3 Å². The second-order valence-electron chi connectivity index (χ2n) is 7.22. The van der Waals surface area contributed by atoms with Crippen LogP contribution in [-0.2, 0) is 4.79 Å². The summed E-state index contributed by atoms with van der Waals surface area (Å²) < 4.78 is 30.1. The van der Waals surface area contributed by atoms with E-state index in [-0.39, 0.29) is 18.3 Å². The van der Waals surface area contributed by atoms with Crippen molar-refractivity contribution in [2.45, 2.75) is 25.4 Å². The topological polar surface area (TPSA) is 48.0 Å². The molecule has 28 heavy (non-hydrogen) atoms. The number of hydrogen-bond donors (Lipinski definition) is 0. The lowest BCUT2D eigenvalue weighted by atomic mass is 9.93. The van der Waals surface area contributed by atoms with E-state index in [0.717, 1.165) is 32.4 Å². The molecular formula is C22H24FNO4. The molecular weight excluding hydrogens is 361 g/mol. The second-order valence-corrected chi connectivity index (χ2v) is 7.22. The molecule has 2 aliphatic heterocycles. The van der Waals surface area contributed by atoms with E-state index >= 15 is 0 Å². The monoisotopic (exact) mass is 385 g/mol. The minimum absolute atomic E-state index is 0.00415. The van der Waals surface area contributed by atoms with E-state index in [1.54, 1.807) is 12.1 Å². The molecule has 1 amide bonds. The van der Waals surface area contributed by atoms with Crippen LogP contribution in [0.4, 0.5) is 4.39 Å². The highest BCUT2D eigenvalue weighted by atomic mass is 19.1. The van der Waals surface area contributed by atoms with Crippen molar-refractivity contribution in [3.63, 3.8) is 0 Å². The Balaban J connectivity index is 1.21. The number of piperidine rings is 1. The molecule has 0 radical (unpaired) electrons. The van der Waals surface area contributed by atoms with Crippen LogP contribution in [0.15, 0.2) is 48.5 Å². The van der Waals surface area contributed by atoms with Crippen molar-refractivity contribution in [1.29, 1.82) is 0 Å². The Kier molecular flexibility index (Phi) is 5.65. The van der Waals surface area contributed by atoms with Crippen LogP contribution in [0.2, 0.25) is 0 Å². The zero-order valence-electron chi connectivity index (χ0n) is 15.7. The van der Waals surface area contributed by atoms with Crippen molar-refractivity contribution in [3.8, 4) is 17.2 Å². The smallest absolute Gasteiger partial charge is 0.267 e. The number of halogens is 1. The first-order chi connectivity index (χ1) is 13.7. The van der Waals surface area contributed by atoms with Gasteiger partial charge in [-0.2, -0.15) is 0 Å². The van der Waals surface area contributed by atoms with Gasteiger partial charge in [-0.05, 0) is 61.6 Å². The summed E-state index contributed by atoms with van der Waals surface area (Å²) in [6, 6.07) is 13.5. The van der Waals surface area contributed by atoms with Crippen LogP contribution >= 0.6 is 0 Å². The normalized spacial score (nSPS) is 19.3. The Labute approximate surface area is 164 Å². The fourth-order valence-corrected chi connectivity index (χ4v) is 3.66. The number of fused-ring (bicyclic) bond motifs is 1. The summed E-state index contributed by atoms with van der Waals surface area (Å²) in [4.78, 5) is 14.6. The van der Waals surface area contributed by atoms with E-state index in [2.05, 4.69) is 0 Å². The van der Waals surface area contributed by atoms with Gasteiger partial charge in [0, 0.05) is 13.1 Å². The average Bonchev–Trinajstić information content (AvgIpc) is 2.75. The summed E-state index contributed by atoms with van der Waals surface area (Å²) in [6.45, 7) is 2.30. The Bertz CT molecular complexity index is 802. The van der Waals surface area contributed by atoms with Crippen LogP contribution < -0.4 is 14.2 Å². The first-order valence-electron chi connectivity index (χ1n) is 9.74. The van der Waals surface area contributed by atoms with Gasteiger partial charge in [0.05, 0.1) is 6.61 Å². The minimum atomic E-state index is -0.576. The largest absolute Gasteiger partial charge is 0.494 e. The van der Waals surface area contributed by atoms with E-state index < -0.39 is 6.10 Å². The lowest BCUT2D eigenvalue weighted by Gasteiger charge is -2.35. The molecule has 2 aromatic carbocycles. The highest BCUT2D eigenvalue weighted by Gasteiger charge is 2.33. The molecule has 5 nitrogen and oxygen atoms in total. The van der Waals surface area contributed by atoms with E-state index in [4.69, 9.17) is 14.2 Å². The maximum atomic E-state index is 12.9. The summed E-state index contributed by atoms with van der Waals surface area (Å²) in [7, 11) is 0. The zero-order chi connectivity index (χ0) is 19.3. The summed E-state index contributed by atoms with van der Waals surface area (Å²) in [5, 5.41) is 0. The molecule has 0 unspecified atom stereocenters. The first kappa shape index (κ1) is 18.6. The minimum Gasteiger partial charge on any atom is -0.494 e. The van der Waals surface area contributed by atoms with Crippen LogP contribution in [-0.4, -0.2) is 43.2 Å². The highest BCUT2D eigenvalue weighted by Crippen LogP contribution is 2.32. The van der Waals surface area contributed by atoms with Crippen LogP contribution in [0.25, 0.3) is 0 Å². The average molecular weight is 385 g/mol. The quantitative estimate of drug-likeness (QED) is 0.788. The first-order valence-corrected chi connectivity index (χ1v) is 9.74. The lowest BCUT2D eigenvalue weighted by Crippen LogP contribution is -2.49. The van der Waals surface area contributed by atoms with Crippen molar-refractivity contribution < 1.29 is 23.4 Å². The molecule has 2 aromatic rings. The fourth-order valence-electron chi connectivity index (χ4n) is 3.66. The molecule has 1 saturated heterocycles. The van der Waals surface area contributed by atoms with Gasteiger partial charge in [0.1, 0.15) is 18.2 Å². The molecule has 4 rings (SSSR count). The number of rotatable bonds is 5. The summed E-state index contributed by atoms with van der Waals surface area (Å²) >= 11 is 0. The van der Waals surface area contributed by atoms with E-state index in [1.807, 2.05) is 29.2 Å². The Morgan fingerprint density at radius 1 is 1.07 bits per heavy atom. The number of carbonyl (C=O) groups is 1. The summed E-state index contributed by atoms with van der Waals surface area (Å²) in [5.74, 6) is 2.25. The molecule has 1 atom stereocenters. The van der Waals surface area contributed by atoms with Gasteiger partial charge in [-0.1, -0.05) is 12.1 Å². The van der Waals surface area contributed by atoms with E-state index in [0.29, 0.717) is 29.8 Å². The molecule has 1 fully saturated rings.